The third kappa shape index (κ3) is 2.33. The van der Waals surface area contributed by atoms with Gasteiger partial charge in [-0.25, -0.2) is 9.97 Å². The molecular formula is C13H14BrN3. The van der Waals surface area contributed by atoms with E-state index in [-0.39, 0.29) is 0 Å². The summed E-state index contributed by atoms with van der Waals surface area (Å²) >= 11 is 3.51. The molecule has 1 aromatic heterocycles. The lowest BCUT2D eigenvalue weighted by molar-refractivity contribution is 0.574. The fourth-order valence-electron chi connectivity index (χ4n) is 2.41. The van der Waals surface area contributed by atoms with Gasteiger partial charge in [0.1, 0.15) is 6.33 Å². The van der Waals surface area contributed by atoms with Gasteiger partial charge in [0.25, 0.3) is 0 Å². The topological polar surface area (TPSA) is 37.8 Å². The van der Waals surface area contributed by atoms with Gasteiger partial charge < -0.3 is 5.32 Å². The lowest BCUT2D eigenvalue weighted by Crippen LogP contribution is -2.11. The van der Waals surface area contributed by atoms with Crippen molar-refractivity contribution < 1.29 is 0 Å². The second-order valence-electron chi connectivity index (χ2n) is 4.54. The highest BCUT2D eigenvalue weighted by Crippen LogP contribution is 2.23. The first-order chi connectivity index (χ1) is 8.33. The number of hydrogen-bond acceptors (Lipinski definition) is 3. The fraction of sp³-hybridized carbons (Fsp3) is 0.385. The van der Waals surface area contributed by atoms with Gasteiger partial charge in [0.15, 0.2) is 0 Å². The highest BCUT2D eigenvalue weighted by atomic mass is 79.9. The summed E-state index contributed by atoms with van der Waals surface area (Å²) in [7, 11) is 0. The summed E-state index contributed by atoms with van der Waals surface area (Å²) in [5.41, 5.74) is 2.20. The molecule has 0 bridgehead atoms. The molecule has 1 aliphatic heterocycles. The molecule has 1 fully saturated rings. The van der Waals surface area contributed by atoms with Crippen LogP contribution in [0.5, 0.6) is 0 Å². The van der Waals surface area contributed by atoms with E-state index in [1.54, 1.807) is 6.33 Å². The zero-order chi connectivity index (χ0) is 11.7. The van der Waals surface area contributed by atoms with Gasteiger partial charge in [-0.05, 0) is 50.0 Å². The maximum atomic E-state index is 4.45. The number of nitrogens with one attached hydrogen (secondary N) is 1. The fourth-order valence-corrected chi connectivity index (χ4v) is 2.77. The Balaban J connectivity index is 1.99. The molecule has 4 heteroatoms. The van der Waals surface area contributed by atoms with E-state index in [0.29, 0.717) is 5.92 Å². The number of benzene rings is 1. The van der Waals surface area contributed by atoms with E-state index < -0.39 is 0 Å². The maximum absolute atomic E-state index is 4.45. The van der Waals surface area contributed by atoms with Crippen LogP contribution in [0.25, 0.3) is 10.9 Å². The number of halogens is 1. The molecule has 0 aliphatic carbocycles. The largest absolute Gasteiger partial charge is 0.316 e. The normalized spacial score (nSPS) is 19.9. The number of rotatable bonds is 2. The summed E-state index contributed by atoms with van der Waals surface area (Å²) in [6.45, 7) is 2.25. The Hall–Kier alpha value is -1.00. The minimum atomic E-state index is 0.715. The molecule has 1 unspecified atom stereocenters. The predicted octanol–water partition coefficient (Wildman–Crippen LogP) is 2.54. The van der Waals surface area contributed by atoms with E-state index in [0.717, 1.165) is 29.5 Å². The molecule has 2 aromatic rings. The summed E-state index contributed by atoms with van der Waals surface area (Å²) in [6, 6.07) is 6.18. The minimum absolute atomic E-state index is 0.715. The van der Waals surface area contributed by atoms with Gasteiger partial charge in [-0.1, -0.05) is 15.9 Å². The number of nitrogens with zero attached hydrogens (tertiary/aromatic N) is 2. The first-order valence-corrected chi connectivity index (χ1v) is 6.72. The Kier molecular flexibility index (Phi) is 3.07. The average molecular weight is 292 g/mol. The van der Waals surface area contributed by atoms with Crippen molar-refractivity contribution in [3.8, 4) is 0 Å². The molecule has 3 nitrogen and oxygen atoms in total. The van der Waals surface area contributed by atoms with E-state index in [9.17, 15) is 0 Å². The number of hydrogen-bond donors (Lipinski definition) is 1. The van der Waals surface area contributed by atoms with Crippen LogP contribution in [0.3, 0.4) is 0 Å². The SMILES string of the molecule is Brc1ccc2ncnc(CC3CCNC3)c2c1. The average Bonchev–Trinajstić information content (AvgIpc) is 2.83. The Morgan fingerprint density at radius 3 is 3.12 bits per heavy atom. The van der Waals surface area contributed by atoms with Crippen LogP contribution >= 0.6 is 15.9 Å². The van der Waals surface area contributed by atoms with E-state index in [1.807, 2.05) is 12.1 Å². The summed E-state index contributed by atoms with van der Waals surface area (Å²) in [5.74, 6) is 0.715. The van der Waals surface area contributed by atoms with Crippen molar-refractivity contribution in [2.75, 3.05) is 13.1 Å². The van der Waals surface area contributed by atoms with E-state index in [1.165, 1.54) is 17.5 Å². The van der Waals surface area contributed by atoms with Crippen molar-refractivity contribution in [1.29, 1.82) is 0 Å². The third-order valence-electron chi connectivity index (χ3n) is 3.32. The van der Waals surface area contributed by atoms with Crippen molar-refractivity contribution in [3.05, 3.63) is 34.7 Å². The smallest absolute Gasteiger partial charge is 0.116 e. The Labute approximate surface area is 109 Å². The second-order valence-corrected chi connectivity index (χ2v) is 5.46. The van der Waals surface area contributed by atoms with Crippen molar-refractivity contribution >= 4 is 26.8 Å². The molecule has 1 aliphatic rings. The first kappa shape index (κ1) is 11.1. The van der Waals surface area contributed by atoms with Crippen molar-refractivity contribution in [2.45, 2.75) is 12.8 Å². The summed E-state index contributed by atoms with van der Waals surface area (Å²) in [6.07, 6.45) is 3.97. The van der Waals surface area contributed by atoms with Crippen LogP contribution in [0.4, 0.5) is 0 Å². The van der Waals surface area contributed by atoms with Gasteiger partial charge in [-0.15, -0.1) is 0 Å². The maximum Gasteiger partial charge on any atom is 0.116 e. The monoisotopic (exact) mass is 291 g/mol. The molecule has 2 heterocycles. The standard InChI is InChI=1S/C13H14BrN3/c14-10-1-2-12-11(6-10)13(17-8-16-12)5-9-3-4-15-7-9/h1-2,6,8-9,15H,3-5,7H2. The van der Waals surface area contributed by atoms with Gasteiger partial charge in [-0.2, -0.15) is 0 Å². The zero-order valence-electron chi connectivity index (χ0n) is 9.49. The van der Waals surface area contributed by atoms with Crippen LogP contribution in [0.1, 0.15) is 12.1 Å². The second kappa shape index (κ2) is 4.70. The van der Waals surface area contributed by atoms with Gasteiger partial charge in [0.05, 0.1) is 11.2 Å². The quantitative estimate of drug-likeness (QED) is 0.924. The van der Waals surface area contributed by atoms with Crippen LogP contribution < -0.4 is 5.32 Å². The first-order valence-electron chi connectivity index (χ1n) is 5.93. The van der Waals surface area contributed by atoms with Crippen LogP contribution in [-0.2, 0) is 6.42 Å². The molecule has 88 valence electrons. The van der Waals surface area contributed by atoms with Crippen LogP contribution in [0, 0.1) is 5.92 Å². The van der Waals surface area contributed by atoms with Crippen LogP contribution in [-0.4, -0.2) is 23.1 Å². The van der Waals surface area contributed by atoms with Crippen molar-refractivity contribution in [2.24, 2.45) is 5.92 Å². The molecule has 1 N–H and O–H groups in total. The van der Waals surface area contributed by atoms with Crippen molar-refractivity contribution in [1.82, 2.24) is 15.3 Å². The molecule has 1 atom stereocenters. The molecular weight excluding hydrogens is 278 g/mol. The minimum Gasteiger partial charge on any atom is -0.316 e. The van der Waals surface area contributed by atoms with E-state index >= 15 is 0 Å². The summed E-state index contributed by atoms with van der Waals surface area (Å²) in [5, 5.41) is 4.57. The Morgan fingerprint density at radius 1 is 1.35 bits per heavy atom. The van der Waals surface area contributed by atoms with Gasteiger partial charge in [0.2, 0.25) is 0 Å². The van der Waals surface area contributed by atoms with E-state index in [2.05, 4.69) is 37.3 Å². The van der Waals surface area contributed by atoms with Crippen LogP contribution in [0.2, 0.25) is 0 Å². The van der Waals surface area contributed by atoms with Gasteiger partial charge >= 0.3 is 0 Å². The predicted molar refractivity (Wildman–Crippen MR) is 71.9 cm³/mol. The number of aromatic nitrogens is 2. The molecule has 0 saturated carbocycles. The lowest BCUT2D eigenvalue weighted by atomic mass is 10.00. The molecule has 0 radical (unpaired) electrons. The Bertz CT molecular complexity index is 535. The highest BCUT2D eigenvalue weighted by Gasteiger charge is 2.17. The summed E-state index contributed by atoms with van der Waals surface area (Å²) in [4.78, 5) is 8.76. The third-order valence-corrected chi connectivity index (χ3v) is 3.82. The molecule has 3 rings (SSSR count). The summed E-state index contributed by atoms with van der Waals surface area (Å²) < 4.78 is 1.09. The van der Waals surface area contributed by atoms with Gasteiger partial charge in [-0.3, -0.25) is 0 Å². The molecule has 0 amide bonds. The van der Waals surface area contributed by atoms with Crippen LogP contribution in [0.15, 0.2) is 29.0 Å². The molecule has 0 spiro atoms. The van der Waals surface area contributed by atoms with Crippen molar-refractivity contribution in [3.63, 3.8) is 0 Å². The molecule has 1 aromatic carbocycles. The zero-order valence-corrected chi connectivity index (χ0v) is 11.1. The lowest BCUT2D eigenvalue weighted by Gasteiger charge is -2.09. The molecule has 17 heavy (non-hydrogen) atoms. The molecule has 1 saturated heterocycles. The van der Waals surface area contributed by atoms with E-state index in [4.69, 9.17) is 0 Å². The number of fused-ring (bicyclic) bond motifs is 1. The highest BCUT2D eigenvalue weighted by molar-refractivity contribution is 9.10. The Morgan fingerprint density at radius 2 is 2.29 bits per heavy atom. The van der Waals surface area contributed by atoms with Gasteiger partial charge in [0, 0.05) is 9.86 Å².